The molecule has 1 aromatic carbocycles. The van der Waals surface area contributed by atoms with Crippen LogP contribution in [0.5, 0.6) is 0 Å². The molecule has 48 valence electrons. The topological polar surface area (TPSA) is 26.0 Å². The molecule has 0 aliphatic rings. The molecule has 2 heteroatoms. The summed E-state index contributed by atoms with van der Waals surface area (Å²) in [7, 11) is 2.65. The molecule has 0 aliphatic heterocycles. The molecule has 0 saturated heterocycles. The lowest BCUT2D eigenvalue weighted by molar-refractivity contribution is 1.42. The maximum atomic E-state index is 5.62. The third kappa shape index (κ3) is 1.43. The number of hydrogen-bond acceptors (Lipinski definition) is 1. The standard InChI is InChI=1S/C7H10NP/c8-7-4-2-1-3-6(7)5-9/h1-4H,5,8-9H2. The van der Waals surface area contributed by atoms with Crippen LogP contribution in [0.2, 0.25) is 0 Å². The normalized spacial score (nSPS) is 9.44. The Kier molecular flexibility index (Phi) is 2.07. The van der Waals surface area contributed by atoms with Crippen LogP contribution in [0.1, 0.15) is 5.56 Å². The van der Waals surface area contributed by atoms with Crippen LogP contribution >= 0.6 is 9.24 Å². The Hall–Kier alpha value is -0.550. The summed E-state index contributed by atoms with van der Waals surface area (Å²) in [5, 5.41) is 0. The average molecular weight is 139 g/mol. The van der Waals surface area contributed by atoms with Crippen molar-refractivity contribution < 1.29 is 0 Å². The molecule has 0 bridgehead atoms. The van der Waals surface area contributed by atoms with E-state index in [0.29, 0.717) is 0 Å². The molecule has 0 heterocycles. The van der Waals surface area contributed by atoms with Crippen LogP contribution in [0.4, 0.5) is 5.69 Å². The number of rotatable bonds is 1. The largest absolute Gasteiger partial charge is 0.398 e. The molecular formula is C7H10NP. The molecule has 1 atom stereocenters. The zero-order valence-electron chi connectivity index (χ0n) is 5.17. The Bertz CT molecular complexity index is 198. The van der Waals surface area contributed by atoms with Crippen molar-refractivity contribution in [1.82, 2.24) is 0 Å². The summed E-state index contributed by atoms with van der Waals surface area (Å²) >= 11 is 0. The van der Waals surface area contributed by atoms with Gasteiger partial charge in [-0.25, -0.2) is 0 Å². The van der Waals surface area contributed by atoms with Crippen LogP contribution in [-0.4, -0.2) is 0 Å². The maximum absolute atomic E-state index is 5.62. The van der Waals surface area contributed by atoms with Gasteiger partial charge in [0.25, 0.3) is 0 Å². The molecule has 2 N–H and O–H groups in total. The second kappa shape index (κ2) is 2.84. The Labute approximate surface area is 57.5 Å². The first-order valence-corrected chi connectivity index (χ1v) is 3.69. The van der Waals surface area contributed by atoms with Gasteiger partial charge < -0.3 is 5.73 Å². The third-order valence-electron chi connectivity index (χ3n) is 1.28. The molecule has 1 unspecified atom stereocenters. The number of benzene rings is 1. The van der Waals surface area contributed by atoms with E-state index < -0.39 is 0 Å². The minimum Gasteiger partial charge on any atom is -0.398 e. The van der Waals surface area contributed by atoms with E-state index in [9.17, 15) is 0 Å². The van der Waals surface area contributed by atoms with E-state index in [0.717, 1.165) is 11.8 Å². The molecule has 1 aromatic rings. The number of nitrogens with two attached hydrogens (primary N) is 1. The predicted molar refractivity (Wildman–Crippen MR) is 44.3 cm³/mol. The van der Waals surface area contributed by atoms with Gasteiger partial charge in [-0.2, -0.15) is 0 Å². The molecule has 9 heavy (non-hydrogen) atoms. The van der Waals surface area contributed by atoms with E-state index in [-0.39, 0.29) is 0 Å². The van der Waals surface area contributed by atoms with Crippen molar-refractivity contribution in [2.75, 3.05) is 5.73 Å². The third-order valence-corrected chi connectivity index (χ3v) is 1.71. The zero-order valence-corrected chi connectivity index (χ0v) is 6.33. The van der Waals surface area contributed by atoms with Crippen LogP contribution < -0.4 is 5.73 Å². The number of anilines is 1. The highest BCUT2D eigenvalue weighted by atomic mass is 31.0. The summed E-state index contributed by atoms with van der Waals surface area (Å²) in [6.45, 7) is 0. The molecule has 0 fully saturated rings. The molecule has 0 radical (unpaired) electrons. The van der Waals surface area contributed by atoms with Crippen LogP contribution in [0.25, 0.3) is 0 Å². The number of para-hydroxylation sites is 1. The Morgan fingerprint density at radius 3 is 2.44 bits per heavy atom. The predicted octanol–water partition coefficient (Wildman–Crippen LogP) is 1.64. The van der Waals surface area contributed by atoms with E-state index in [1.165, 1.54) is 5.56 Å². The average Bonchev–Trinajstić information content (AvgIpc) is 1.89. The van der Waals surface area contributed by atoms with E-state index in [1.54, 1.807) is 0 Å². The van der Waals surface area contributed by atoms with Crippen molar-refractivity contribution in [2.45, 2.75) is 6.16 Å². The van der Waals surface area contributed by atoms with Gasteiger partial charge in [-0.3, -0.25) is 0 Å². The van der Waals surface area contributed by atoms with Crippen molar-refractivity contribution in [2.24, 2.45) is 0 Å². The first-order chi connectivity index (χ1) is 4.34. The summed E-state index contributed by atoms with van der Waals surface area (Å²) in [5.41, 5.74) is 7.70. The molecule has 0 aromatic heterocycles. The lowest BCUT2D eigenvalue weighted by Gasteiger charge is -1.98. The summed E-state index contributed by atoms with van der Waals surface area (Å²) in [6.07, 6.45) is 0.937. The van der Waals surface area contributed by atoms with Gasteiger partial charge in [-0.15, -0.1) is 9.24 Å². The fourth-order valence-corrected chi connectivity index (χ4v) is 1.09. The molecular weight excluding hydrogens is 129 g/mol. The van der Waals surface area contributed by atoms with Crippen LogP contribution in [0.15, 0.2) is 24.3 Å². The molecule has 1 nitrogen and oxygen atoms in total. The van der Waals surface area contributed by atoms with E-state index >= 15 is 0 Å². The number of hydrogen-bond donors (Lipinski definition) is 1. The van der Waals surface area contributed by atoms with E-state index in [2.05, 4.69) is 9.24 Å². The minimum absolute atomic E-state index is 0.882. The highest BCUT2D eigenvalue weighted by Gasteiger charge is 1.90. The van der Waals surface area contributed by atoms with Gasteiger partial charge in [0.15, 0.2) is 0 Å². The molecule has 0 saturated carbocycles. The second-order valence-corrected chi connectivity index (χ2v) is 2.31. The Balaban J connectivity index is 3.01. The molecule has 0 amide bonds. The van der Waals surface area contributed by atoms with E-state index in [1.807, 2.05) is 24.3 Å². The van der Waals surface area contributed by atoms with Gasteiger partial charge in [-0.1, -0.05) is 18.2 Å². The van der Waals surface area contributed by atoms with Gasteiger partial charge in [0, 0.05) is 5.69 Å². The molecule has 0 aliphatic carbocycles. The smallest absolute Gasteiger partial charge is 0.0349 e. The quantitative estimate of drug-likeness (QED) is 0.464. The van der Waals surface area contributed by atoms with Crippen LogP contribution in [0.3, 0.4) is 0 Å². The minimum atomic E-state index is 0.882. The Morgan fingerprint density at radius 2 is 2.00 bits per heavy atom. The van der Waals surface area contributed by atoms with Crippen molar-refractivity contribution in [1.29, 1.82) is 0 Å². The van der Waals surface area contributed by atoms with Crippen molar-refractivity contribution in [3.63, 3.8) is 0 Å². The monoisotopic (exact) mass is 139 g/mol. The summed E-state index contributed by atoms with van der Waals surface area (Å²) in [4.78, 5) is 0. The van der Waals surface area contributed by atoms with Crippen molar-refractivity contribution >= 4 is 14.9 Å². The van der Waals surface area contributed by atoms with Gasteiger partial charge in [0.05, 0.1) is 0 Å². The van der Waals surface area contributed by atoms with Crippen molar-refractivity contribution in [3.05, 3.63) is 29.8 Å². The fraction of sp³-hybridized carbons (Fsp3) is 0.143. The second-order valence-electron chi connectivity index (χ2n) is 1.90. The summed E-state index contributed by atoms with van der Waals surface area (Å²) < 4.78 is 0. The summed E-state index contributed by atoms with van der Waals surface area (Å²) in [6, 6.07) is 7.89. The highest BCUT2D eigenvalue weighted by Crippen LogP contribution is 2.13. The Morgan fingerprint density at radius 1 is 1.33 bits per heavy atom. The van der Waals surface area contributed by atoms with Crippen molar-refractivity contribution in [3.8, 4) is 0 Å². The highest BCUT2D eigenvalue weighted by molar-refractivity contribution is 7.15. The molecule has 1 rings (SSSR count). The summed E-state index contributed by atoms with van der Waals surface area (Å²) in [5.74, 6) is 0. The van der Waals surface area contributed by atoms with E-state index in [4.69, 9.17) is 5.73 Å². The van der Waals surface area contributed by atoms with Crippen LogP contribution in [-0.2, 0) is 6.16 Å². The SMILES string of the molecule is Nc1ccccc1CP. The first-order valence-electron chi connectivity index (χ1n) is 2.88. The van der Waals surface area contributed by atoms with Gasteiger partial charge in [0.1, 0.15) is 0 Å². The lowest BCUT2D eigenvalue weighted by Crippen LogP contribution is -1.89. The lowest BCUT2D eigenvalue weighted by atomic mass is 10.2. The van der Waals surface area contributed by atoms with Gasteiger partial charge in [-0.05, 0) is 17.8 Å². The zero-order chi connectivity index (χ0) is 6.69. The van der Waals surface area contributed by atoms with Gasteiger partial charge >= 0.3 is 0 Å². The first kappa shape index (κ1) is 6.57. The number of nitrogen functional groups attached to an aromatic ring is 1. The fourth-order valence-electron chi connectivity index (χ4n) is 0.720. The maximum Gasteiger partial charge on any atom is 0.0349 e. The van der Waals surface area contributed by atoms with Gasteiger partial charge in [0.2, 0.25) is 0 Å². The molecule has 0 spiro atoms. The van der Waals surface area contributed by atoms with Crippen LogP contribution in [0, 0.1) is 0 Å².